The normalized spacial score (nSPS) is 18.1. The number of hydrogen-bond acceptors (Lipinski definition) is 6. The van der Waals surface area contributed by atoms with E-state index in [0.29, 0.717) is 5.56 Å². The summed E-state index contributed by atoms with van der Waals surface area (Å²) in [6, 6.07) is 10.2. The highest BCUT2D eigenvalue weighted by Crippen LogP contribution is 2.23. The molecule has 0 spiro atoms. The van der Waals surface area contributed by atoms with Gasteiger partial charge >= 0.3 is 0 Å². The third kappa shape index (κ3) is 4.45. The van der Waals surface area contributed by atoms with Crippen LogP contribution in [0.5, 0.6) is 5.75 Å². The van der Waals surface area contributed by atoms with Crippen molar-refractivity contribution in [1.82, 2.24) is 14.8 Å². The van der Waals surface area contributed by atoms with Crippen molar-refractivity contribution < 1.29 is 9.53 Å². The van der Waals surface area contributed by atoms with Crippen molar-refractivity contribution in [3.63, 3.8) is 0 Å². The van der Waals surface area contributed by atoms with Crippen LogP contribution in [0.2, 0.25) is 0 Å². The standard InChI is InChI=1S/C22H29N5O2/c1-24-7-9-27(10-8-24)22(28)18-15-20(17-23-16-18)26-13-11-25(12-14-26)19-3-5-21(29-2)6-4-19/h3-6,15-17H,7-14H2,1-2H3. The number of carbonyl (C=O) groups is 1. The largest absolute Gasteiger partial charge is 0.497 e. The monoisotopic (exact) mass is 395 g/mol. The van der Waals surface area contributed by atoms with Crippen LogP contribution in [-0.2, 0) is 0 Å². The van der Waals surface area contributed by atoms with Gasteiger partial charge in [0.1, 0.15) is 5.75 Å². The lowest BCUT2D eigenvalue weighted by molar-refractivity contribution is 0.0663. The highest BCUT2D eigenvalue weighted by Gasteiger charge is 2.23. The van der Waals surface area contributed by atoms with Crippen molar-refractivity contribution in [1.29, 1.82) is 0 Å². The molecule has 1 aromatic carbocycles. The molecule has 4 rings (SSSR count). The van der Waals surface area contributed by atoms with Gasteiger partial charge in [0.05, 0.1) is 24.6 Å². The van der Waals surface area contributed by atoms with Crippen LogP contribution in [-0.4, -0.2) is 87.2 Å². The third-order valence-corrected chi connectivity index (χ3v) is 5.84. The Kier molecular flexibility index (Phi) is 5.85. The Hall–Kier alpha value is -2.80. The van der Waals surface area contributed by atoms with Crippen LogP contribution in [0.1, 0.15) is 10.4 Å². The van der Waals surface area contributed by atoms with Crippen LogP contribution >= 0.6 is 0 Å². The van der Waals surface area contributed by atoms with Gasteiger partial charge in [-0.25, -0.2) is 0 Å². The fourth-order valence-corrected chi connectivity index (χ4v) is 3.93. The first-order valence-corrected chi connectivity index (χ1v) is 10.2. The minimum Gasteiger partial charge on any atom is -0.497 e. The van der Waals surface area contributed by atoms with Crippen molar-refractivity contribution >= 4 is 17.3 Å². The van der Waals surface area contributed by atoms with Crippen LogP contribution < -0.4 is 14.5 Å². The number of aromatic nitrogens is 1. The molecule has 0 radical (unpaired) electrons. The predicted octanol–water partition coefficient (Wildman–Crippen LogP) is 1.80. The second-order valence-electron chi connectivity index (χ2n) is 7.70. The molecule has 2 aliphatic heterocycles. The van der Waals surface area contributed by atoms with Gasteiger partial charge in [-0.2, -0.15) is 0 Å². The van der Waals surface area contributed by atoms with Gasteiger partial charge in [-0.1, -0.05) is 0 Å². The number of amides is 1. The highest BCUT2D eigenvalue weighted by molar-refractivity contribution is 5.94. The summed E-state index contributed by atoms with van der Waals surface area (Å²) in [5.74, 6) is 0.963. The molecular weight excluding hydrogens is 366 g/mol. The average molecular weight is 396 g/mol. The van der Waals surface area contributed by atoms with Gasteiger partial charge in [0.2, 0.25) is 0 Å². The van der Waals surface area contributed by atoms with E-state index in [-0.39, 0.29) is 5.91 Å². The molecular formula is C22H29N5O2. The highest BCUT2D eigenvalue weighted by atomic mass is 16.5. The summed E-state index contributed by atoms with van der Waals surface area (Å²) in [4.78, 5) is 26.1. The van der Waals surface area contributed by atoms with E-state index in [1.165, 1.54) is 5.69 Å². The molecule has 0 saturated carbocycles. The molecule has 0 bridgehead atoms. The Morgan fingerprint density at radius 2 is 1.48 bits per heavy atom. The van der Waals surface area contributed by atoms with Crippen LogP contribution in [0, 0.1) is 0 Å². The van der Waals surface area contributed by atoms with E-state index in [2.05, 4.69) is 38.9 Å². The summed E-state index contributed by atoms with van der Waals surface area (Å²) in [5.41, 5.74) is 2.92. The second-order valence-corrected chi connectivity index (χ2v) is 7.70. The van der Waals surface area contributed by atoms with Crippen LogP contribution in [0.4, 0.5) is 11.4 Å². The zero-order chi connectivity index (χ0) is 20.2. The number of hydrogen-bond donors (Lipinski definition) is 0. The Morgan fingerprint density at radius 3 is 2.10 bits per heavy atom. The summed E-state index contributed by atoms with van der Waals surface area (Å²) in [6.07, 6.45) is 3.56. The van der Waals surface area contributed by atoms with Crippen molar-refractivity contribution in [2.75, 3.05) is 76.3 Å². The zero-order valence-electron chi connectivity index (χ0n) is 17.3. The van der Waals surface area contributed by atoms with E-state index in [9.17, 15) is 4.79 Å². The first-order valence-electron chi connectivity index (χ1n) is 10.2. The summed E-state index contributed by atoms with van der Waals surface area (Å²) in [6.45, 7) is 7.07. The molecule has 2 aliphatic rings. The number of pyridine rings is 1. The zero-order valence-corrected chi connectivity index (χ0v) is 17.3. The molecule has 2 aromatic rings. The Bertz CT molecular complexity index is 825. The third-order valence-electron chi connectivity index (χ3n) is 5.84. The number of benzene rings is 1. The number of likely N-dealkylation sites (N-methyl/N-ethyl adjacent to an activating group) is 1. The molecule has 154 valence electrons. The lowest BCUT2D eigenvalue weighted by Gasteiger charge is -2.37. The second kappa shape index (κ2) is 8.69. The van der Waals surface area contributed by atoms with E-state index in [1.54, 1.807) is 13.3 Å². The van der Waals surface area contributed by atoms with Gasteiger partial charge in [0.15, 0.2) is 0 Å². The summed E-state index contributed by atoms with van der Waals surface area (Å²) < 4.78 is 5.24. The quantitative estimate of drug-likeness (QED) is 0.787. The Labute approximate surface area is 172 Å². The first kappa shape index (κ1) is 19.5. The molecule has 7 heteroatoms. The SMILES string of the molecule is COc1ccc(N2CCN(c3cncc(C(=O)N4CCN(C)CC4)c3)CC2)cc1. The first-order chi connectivity index (χ1) is 14.1. The van der Waals surface area contributed by atoms with E-state index in [0.717, 1.165) is 63.8 Å². The maximum atomic E-state index is 12.9. The maximum absolute atomic E-state index is 12.9. The van der Waals surface area contributed by atoms with Gasteiger partial charge in [0, 0.05) is 64.2 Å². The molecule has 3 heterocycles. The summed E-state index contributed by atoms with van der Waals surface area (Å²) in [5, 5.41) is 0. The molecule has 0 aliphatic carbocycles. The topological polar surface area (TPSA) is 52.2 Å². The fourth-order valence-electron chi connectivity index (χ4n) is 3.93. The van der Waals surface area contributed by atoms with Gasteiger partial charge in [-0.15, -0.1) is 0 Å². The van der Waals surface area contributed by atoms with E-state index in [4.69, 9.17) is 4.74 Å². The molecule has 2 saturated heterocycles. The number of anilines is 2. The number of rotatable bonds is 4. The number of piperazine rings is 2. The van der Waals surface area contributed by atoms with E-state index >= 15 is 0 Å². The molecule has 0 atom stereocenters. The van der Waals surface area contributed by atoms with Crippen molar-refractivity contribution in [2.24, 2.45) is 0 Å². The Morgan fingerprint density at radius 1 is 0.862 bits per heavy atom. The molecule has 1 aromatic heterocycles. The molecule has 0 N–H and O–H groups in total. The lowest BCUT2D eigenvalue weighted by atomic mass is 10.2. The number of methoxy groups -OCH3 is 1. The molecule has 2 fully saturated rings. The molecule has 1 amide bonds. The van der Waals surface area contributed by atoms with E-state index in [1.807, 2.05) is 29.3 Å². The smallest absolute Gasteiger partial charge is 0.255 e. The van der Waals surface area contributed by atoms with Crippen LogP contribution in [0.3, 0.4) is 0 Å². The lowest BCUT2D eigenvalue weighted by Crippen LogP contribution is -2.47. The molecule has 0 unspecified atom stereocenters. The van der Waals surface area contributed by atoms with Gasteiger partial charge in [-0.3, -0.25) is 9.78 Å². The van der Waals surface area contributed by atoms with Gasteiger partial charge in [0.25, 0.3) is 5.91 Å². The van der Waals surface area contributed by atoms with Crippen molar-refractivity contribution in [3.8, 4) is 5.75 Å². The average Bonchev–Trinajstić information content (AvgIpc) is 2.79. The number of ether oxygens (including phenoxy) is 1. The fraction of sp³-hybridized carbons (Fsp3) is 0.455. The minimum atomic E-state index is 0.0873. The van der Waals surface area contributed by atoms with Gasteiger partial charge < -0.3 is 24.3 Å². The van der Waals surface area contributed by atoms with Crippen molar-refractivity contribution in [3.05, 3.63) is 48.3 Å². The predicted molar refractivity (Wildman–Crippen MR) is 115 cm³/mol. The summed E-state index contributed by atoms with van der Waals surface area (Å²) >= 11 is 0. The maximum Gasteiger partial charge on any atom is 0.255 e. The summed E-state index contributed by atoms with van der Waals surface area (Å²) in [7, 11) is 3.78. The van der Waals surface area contributed by atoms with Crippen LogP contribution in [0.25, 0.3) is 0 Å². The molecule has 7 nitrogen and oxygen atoms in total. The van der Waals surface area contributed by atoms with Crippen molar-refractivity contribution in [2.45, 2.75) is 0 Å². The minimum absolute atomic E-state index is 0.0873. The Balaban J connectivity index is 1.38. The van der Waals surface area contributed by atoms with Crippen LogP contribution in [0.15, 0.2) is 42.7 Å². The molecule has 29 heavy (non-hydrogen) atoms. The van der Waals surface area contributed by atoms with E-state index < -0.39 is 0 Å². The van der Waals surface area contributed by atoms with Gasteiger partial charge in [-0.05, 0) is 37.4 Å². The number of nitrogens with zero attached hydrogens (tertiary/aromatic N) is 5. The number of carbonyl (C=O) groups excluding carboxylic acids is 1.